The monoisotopic (exact) mass is 565 g/mol. The first-order valence-corrected chi connectivity index (χ1v) is 17.1. The normalized spacial score (nSPS) is 29.9. The van der Waals surface area contributed by atoms with Gasteiger partial charge in [0.1, 0.15) is 0 Å². The van der Waals surface area contributed by atoms with Crippen LogP contribution < -0.4 is 9.80 Å². The van der Waals surface area contributed by atoms with E-state index < -0.39 is 31.6 Å². The number of carbonyl (C=O) groups is 3. The standard InChI is InChI=1S/C30H36FN3O5Si/c1-19-28(40(2,3)31)25(17-27(37)32-14-7-10-22(32)18-35)39-30(19)23-16-21(33-15-13-26(33)36)11-12-24(23)34(29(30)38)20-8-5-4-6-9-20/h4-6,8-9,11-12,16,19,22,25,28,35H,7,10,13-15,17-18H2,1-3H3/t19-,22-,25+,28-,30+/m0/s1. The number of ether oxygens (including phenoxy) is 1. The number of halogens is 1. The molecule has 0 radical (unpaired) electrons. The van der Waals surface area contributed by atoms with Gasteiger partial charge >= 0.3 is 0 Å². The van der Waals surface area contributed by atoms with Crippen molar-refractivity contribution in [3.05, 3.63) is 54.1 Å². The molecule has 3 amide bonds. The first kappa shape index (κ1) is 27.1. The van der Waals surface area contributed by atoms with Crippen molar-refractivity contribution in [2.75, 3.05) is 29.5 Å². The van der Waals surface area contributed by atoms with Crippen molar-refractivity contribution in [3.8, 4) is 0 Å². The molecule has 0 aromatic heterocycles. The van der Waals surface area contributed by atoms with E-state index in [4.69, 9.17) is 4.74 Å². The molecule has 10 heteroatoms. The van der Waals surface area contributed by atoms with E-state index in [0.717, 1.165) is 12.8 Å². The zero-order valence-corrected chi connectivity index (χ0v) is 24.2. The average molecular weight is 566 g/mol. The summed E-state index contributed by atoms with van der Waals surface area (Å²) in [6.07, 6.45) is 1.17. The second-order valence-electron chi connectivity index (χ2n) is 12.0. The number of β-lactam (4-membered cyclic amide) rings is 1. The van der Waals surface area contributed by atoms with Gasteiger partial charge in [-0.1, -0.05) is 25.1 Å². The summed E-state index contributed by atoms with van der Waals surface area (Å²) in [5.41, 5.74) is 0.493. The number of likely N-dealkylation sites (tertiary alicyclic amines) is 1. The molecule has 212 valence electrons. The Hall–Kier alpha value is -3.08. The zero-order chi connectivity index (χ0) is 28.4. The van der Waals surface area contributed by atoms with E-state index in [2.05, 4.69) is 0 Å². The third kappa shape index (κ3) is 4.02. The Bertz CT molecular complexity index is 1350. The number of para-hydroxylation sites is 1. The number of hydrogen-bond donors (Lipinski definition) is 1. The highest BCUT2D eigenvalue weighted by Gasteiger charge is 2.67. The minimum atomic E-state index is -3.45. The number of carbonyl (C=O) groups excluding carboxylic acids is 3. The van der Waals surface area contributed by atoms with Gasteiger partial charge in [-0.05, 0) is 56.3 Å². The zero-order valence-electron chi connectivity index (χ0n) is 23.2. The van der Waals surface area contributed by atoms with Crippen LogP contribution in [0.4, 0.5) is 21.2 Å². The average Bonchev–Trinajstić information content (AvgIpc) is 3.57. The van der Waals surface area contributed by atoms with Gasteiger partial charge in [0.15, 0.2) is 5.60 Å². The summed E-state index contributed by atoms with van der Waals surface area (Å²) in [4.78, 5) is 45.3. The van der Waals surface area contributed by atoms with Crippen LogP contribution in [0.1, 0.15) is 38.2 Å². The highest BCUT2D eigenvalue weighted by molar-refractivity contribution is 6.72. The molecule has 0 aliphatic carbocycles. The molecule has 0 unspecified atom stereocenters. The Balaban J connectivity index is 1.45. The van der Waals surface area contributed by atoms with E-state index in [1.165, 1.54) is 0 Å². The maximum atomic E-state index is 16.2. The summed E-state index contributed by atoms with van der Waals surface area (Å²) in [6.45, 7) is 6.14. The van der Waals surface area contributed by atoms with Crippen molar-refractivity contribution in [1.82, 2.24) is 4.90 Å². The lowest BCUT2D eigenvalue weighted by Gasteiger charge is -2.33. The Morgan fingerprint density at radius 3 is 2.50 bits per heavy atom. The van der Waals surface area contributed by atoms with Crippen molar-refractivity contribution >= 4 is 43.2 Å². The molecule has 1 spiro atoms. The first-order valence-electron chi connectivity index (χ1n) is 14.2. The molecule has 3 saturated heterocycles. The number of nitrogens with zero attached hydrogens (tertiary/aromatic N) is 3. The lowest BCUT2D eigenvalue weighted by Crippen LogP contribution is -2.45. The molecule has 1 N–H and O–H groups in total. The van der Waals surface area contributed by atoms with Gasteiger partial charge in [-0.15, -0.1) is 0 Å². The van der Waals surface area contributed by atoms with E-state index in [1.54, 1.807) is 27.8 Å². The van der Waals surface area contributed by atoms with Crippen LogP contribution in [0.5, 0.6) is 0 Å². The number of fused-ring (bicyclic) bond motifs is 2. The van der Waals surface area contributed by atoms with Crippen LogP contribution in [-0.4, -0.2) is 68.0 Å². The van der Waals surface area contributed by atoms with Crippen molar-refractivity contribution in [3.63, 3.8) is 0 Å². The van der Waals surface area contributed by atoms with Gasteiger partial charge < -0.3 is 23.8 Å². The molecule has 2 aromatic rings. The number of benzene rings is 2. The molecule has 40 heavy (non-hydrogen) atoms. The summed E-state index contributed by atoms with van der Waals surface area (Å²) in [7, 11) is -3.45. The summed E-state index contributed by atoms with van der Waals surface area (Å²) >= 11 is 0. The smallest absolute Gasteiger partial charge is 0.268 e. The number of hydrogen-bond acceptors (Lipinski definition) is 5. The Morgan fingerprint density at radius 1 is 1.12 bits per heavy atom. The fraction of sp³-hybridized carbons (Fsp3) is 0.500. The maximum absolute atomic E-state index is 16.2. The highest BCUT2D eigenvalue weighted by Crippen LogP contribution is 2.61. The number of amides is 3. The van der Waals surface area contributed by atoms with E-state index >= 15 is 4.11 Å². The van der Waals surface area contributed by atoms with E-state index in [0.29, 0.717) is 42.1 Å². The van der Waals surface area contributed by atoms with Gasteiger partial charge in [-0.2, -0.15) is 0 Å². The van der Waals surface area contributed by atoms with Crippen LogP contribution >= 0.6 is 0 Å². The second kappa shape index (κ2) is 9.78. The van der Waals surface area contributed by atoms with Gasteiger partial charge in [0.05, 0.1) is 30.9 Å². The maximum Gasteiger partial charge on any atom is 0.268 e. The topological polar surface area (TPSA) is 90.4 Å². The van der Waals surface area contributed by atoms with Gasteiger partial charge in [-0.3, -0.25) is 19.3 Å². The van der Waals surface area contributed by atoms with E-state index in [1.807, 2.05) is 55.5 Å². The van der Waals surface area contributed by atoms with Crippen molar-refractivity contribution in [2.24, 2.45) is 5.92 Å². The molecule has 5 atom stereocenters. The molecule has 4 aliphatic rings. The molecule has 4 heterocycles. The fourth-order valence-corrected chi connectivity index (χ4v) is 9.89. The molecular formula is C30H36FN3O5Si. The Morgan fingerprint density at radius 2 is 1.88 bits per heavy atom. The molecular weight excluding hydrogens is 529 g/mol. The van der Waals surface area contributed by atoms with E-state index in [9.17, 15) is 19.5 Å². The summed E-state index contributed by atoms with van der Waals surface area (Å²) in [5, 5.41) is 9.78. The van der Waals surface area contributed by atoms with Crippen molar-refractivity contribution in [1.29, 1.82) is 0 Å². The van der Waals surface area contributed by atoms with Crippen molar-refractivity contribution in [2.45, 2.75) is 69.0 Å². The first-order chi connectivity index (χ1) is 19.1. The number of rotatable bonds is 6. The molecule has 4 aliphatic heterocycles. The Kier molecular flexibility index (Phi) is 6.63. The molecule has 0 bridgehead atoms. The molecule has 6 rings (SSSR count). The lowest BCUT2D eigenvalue weighted by atomic mass is 9.82. The number of aliphatic hydroxyl groups is 1. The van der Waals surface area contributed by atoms with Crippen LogP contribution in [-0.2, 0) is 24.7 Å². The largest absolute Gasteiger partial charge is 0.394 e. The van der Waals surface area contributed by atoms with Crippen LogP contribution in [0.15, 0.2) is 48.5 Å². The van der Waals surface area contributed by atoms with Crippen LogP contribution in [0.3, 0.4) is 0 Å². The summed E-state index contributed by atoms with van der Waals surface area (Å²) in [5.74, 6) is -1.02. The Labute approximate surface area is 234 Å². The van der Waals surface area contributed by atoms with Crippen LogP contribution in [0, 0.1) is 5.92 Å². The summed E-state index contributed by atoms with van der Waals surface area (Å²) in [6, 6.07) is 14.6. The quantitative estimate of drug-likeness (QED) is 0.321. The molecule has 3 fully saturated rings. The lowest BCUT2D eigenvalue weighted by molar-refractivity contribution is -0.149. The molecule has 8 nitrogen and oxygen atoms in total. The predicted octanol–water partition coefficient (Wildman–Crippen LogP) is 4.25. The van der Waals surface area contributed by atoms with E-state index in [-0.39, 0.29) is 36.8 Å². The fourth-order valence-electron chi connectivity index (χ4n) is 7.39. The minimum Gasteiger partial charge on any atom is -0.394 e. The van der Waals surface area contributed by atoms with Gasteiger partial charge in [0, 0.05) is 47.9 Å². The predicted molar refractivity (Wildman–Crippen MR) is 151 cm³/mol. The van der Waals surface area contributed by atoms with Gasteiger partial charge in [0.2, 0.25) is 20.2 Å². The van der Waals surface area contributed by atoms with Crippen LogP contribution in [0.25, 0.3) is 0 Å². The minimum absolute atomic E-state index is 0.0151. The third-order valence-electron chi connectivity index (χ3n) is 9.31. The van der Waals surface area contributed by atoms with Gasteiger partial charge in [0.25, 0.3) is 5.91 Å². The van der Waals surface area contributed by atoms with Gasteiger partial charge in [-0.25, -0.2) is 0 Å². The number of aliphatic hydroxyl groups excluding tert-OH is 1. The third-order valence-corrected chi connectivity index (χ3v) is 11.8. The molecule has 0 saturated carbocycles. The molecule has 2 aromatic carbocycles. The van der Waals surface area contributed by atoms with Crippen molar-refractivity contribution < 1.29 is 28.3 Å². The second-order valence-corrected chi connectivity index (χ2v) is 15.8. The van der Waals surface area contributed by atoms with Crippen LogP contribution in [0.2, 0.25) is 18.6 Å². The SMILES string of the molecule is C[C@H]1[C@H]([Si](C)(C)F)[C@@H](CC(=O)N2CCC[C@H]2CO)O[C@]12C(=O)N(c1ccccc1)c1ccc(N3CCC3=O)cc12. The summed E-state index contributed by atoms with van der Waals surface area (Å²) < 4.78 is 22.9. The number of anilines is 3. The highest BCUT2D eigenvalue weighted by atomic mass is 28.4.